The summed E-state index contributed by atoms with van der Waals surface area (Å²) < 4.78 is 0. The van der Waals surface area contributed by atoms with E-state index >= 15 is 0 Å². The maximum Gasteiger partial charge on any atom is 0.294 e. The van der Waals surface area contributed by atoms with Crippen molar-refractivity contribution in [1.82, 2.24) is 10.4 Å². The zero-order valence-electron chi connectivity index (χ0n) is 11.9. The van der Waals surface area contributed by atoms with E-state index in [1.807, 2.05) is 5.38 Å². The van der Waals surface area contributed by atoms with E-state index in [1.165, 1.54) is 22.6 Å². The smallest absolute Gasteiger partial charge is 0.294 e. The quantitative estimate of drug-likeness (QED) is 0.517. The van der Waals surface area contributed by atoms with E-state index in [0.717, 1.165) is 18.5 Å². The van der Waals surface area contributed by atoms with Gasteiger partial charge in [0.2, 0.25) is 0 Å². The third-order valence-corrected chi connectivity index (χ3v) is 4.76. The molecule has 21 heavy (non-hydrogen) atoms. The molecule has 1 atom stereocenters. The van der Waals surface area contributed by atoms with Crippen LogP contribution in [0, 0.1) is 0 Å². The summed E-state index contributed by atoms with van der Waals surface area (Å²) in [7, 11) is 0. The van der Waals surface area contributed by atoms with Gasteiger partial charge in [-0.25, -0.2) is 10.8 Å². The van der Waals surface area contributed by atoms with Crippen molar-refractivity contribution in [2.45, 2.75) is 32.4 Å². The van der Waals surface area contributed by atoms with E-state index in [2.05, 4.69) is 46.5 Å². The van der Waals surface area contributed by atoms with Gasteiger partial charge in [-0.1, -0.05) is 18.2 Å². The molecule has 3 rings (SSSR count). The van der Waals surface area contributed by atoms with Crippen LogP contribution < -0.4 is 16.2 Å². The molecule has 1 aliphatic rings. The van der Waals surface area contributed by atoms with Crippen molar-refractivity contribution < 1.29 is 4.79 Å². The van der Waals surface area contributed by atoms with Gasteiger partial charge in [0.25, 0.3) is 5.91 Å². The summed E-state index contributed by atoms with van der Waals surface area (Å²) in [5, 5.41) is 2.33. The molecule has 1 aliphatic heterocycles. The number of amides is 1. The monoisotopic (exact) mass is 302 g/mol. The molecule has 1 aromatic carbocycles. The number of aromatic nitrogens is 1. The fourth-order valence-electron chi connectivity index (χ4n) is 2.72. The number of benzene rings is 1. The molecule has 0 radical (unpaired) electrons. The Bertz CT molecular complexity index is 655. The highest BCUT2D eigenvalue weighted by molar-refractivity contribution is 7.11. The molecule has 1 unspecified atom stereocenters. The molecule has 5 nitrogen and oxygen atoms in total. The predicted octanol–water partition coefficient (Wildman–Crippen LogP) is 2.09. The molecule has 1 amide bonds. The van der Waals surface area contributed by atoms with Crippen molar-refractivity contribution in [1.29, 1.82) is 0 Å². The van der Waals surface area contributed by atoms with E-state index in [-0.39, 0.29) is 5.91 Å². The van der Waals surface area contributed by atoms with Crippen molar-refractivity contribution in [3.8, 4) is 0 Å². The third-order valence-electron chi connectivity index (χ3n) is 3.87. The number of hydrogen-bond acceptors (Lipinski definition) is 5. The lowest BCUT2D eigenvalue weighted by Crippen LogP contribution is -2.36. The van der Waals surface area contributed by atoms with E-state index in [1.54, 1.807) is 0 Å². The Morgan fingerprint density at radius 2 is 2.33 bits per heavy atom. The minimum atomic E-state index is -0.335. The Balaban J connectivity index is 1.84. The first-order chi connectivity index (χ1) is 10.2. The molecule has 3 N–H and O–H groups in total. The molecule has 0 spiro atoms. The number of nitrogen functional groups attached to an aromatic ring is 1. The SMILES string of the molecule is CC1CCc2ccccc2N1Cc1csc(C(=O)NN)n1. The van der Waals surface area contributed by atoms with E-state index in [9.17, 15) is 4.79 Å². The number of hydrogen-bond donors (Lipinski definition) is 2. The summed E-state index contributed by atoms with van der Waals surface area (Å²) in [4.78, 5) is 18.2. The second-order valence-corrected chi connectivity index (χ2v) is 6.12. The minimum Gasteiger partial charge on any atom is -0.363 e. The number of hydrazine groups is 1. The topological polar surface area (TPSA) is 71.2 Å². The zero-order chi connectivity index (χ0) is 14.8. The van der Waals surface area contributed by atoms with Crippen LogP contribution in [0.5, 0.6) is 0 Å². The van der Waals surface area contributed by atoms with Crippen LogP contribution in [0.2, 0.25) is 0 Å². The van der Waals surface area contributed by atoms with Crippen molar-refractivity contribution in [3.05, 3.63) is 45.9 Å². The highest BCUT2D eigenvalue weighted by Crippen LogP contribution is 2.31. The number of carbonyl (C=O) groups is 1. The van der Waals surface area contributed by atoms with E-state index in [0.29, 0.717) is 17.6 Å². The first-order valence-electron chi connectivity index (χ1n) is 6.99. The number of thiazole rings is 1. The molecule has 6 heteroatoms. The lowest BCUT2D eigenvalue weighted by molar-refractivity contribution is 0.0953. The molecular weight excluding hydrogens is 284 g/mol. The minimum absolute atomic E-state index is 0.335. The van der Waals surface area contributed by atoms with Gasteiger partial charge in [-0.2, -0.15) is 0 Å². The number of nitrogens with zero attached hydrogens (tertiary/aromatic N) is 2. The number of anilines is 1. The van der Waals surface area contributed by atoms with Gasteiger partial charge in [-0.05, 0) is 31.4 Å². The molecule has 110 valence electrons. The number of carbonyl (C=O) groups excluding carboxylic acids is 1. The van der Waals surface area contributed by atoms with Gasteiger partial charge < -0.3 is 4.90 Å². The van der Waals surface area contributed by atoms with E-state index < -0.39 is 0 Å². The van der Waals surface area contributed by atoms with Gasteiger partial charge in [0, 0.05) is 17.1 Å². The average Bonchev–Trinajstić information content (AvgIpc) is 2.98. The van der Waals surface area contributed by atoms with Crippen molar-refractivity contribution in [2.24, 2.45) is 5.84 Å². The number of fused-ring (bicyclic) bond motifs is 1. The van der Waals surface area contributed by atoms with Crippen LogP contribution in [-0.4, -0.2) is 16.9 Å². The molecule has 0 fully saturated rings. The largest absolute Gasteiger partial charge is 0.363 e. The van der Waals surface area contributed by atoms with Gasteiger partial charge in [0.05, 0.1) is 12.2 Å². The summed E-state index contributed by atoms with van der Waals surface area (Å²) in [6.45, 7) is 2.95. The molecule has 0 bridgehead atoms. The highest BCUT2D eigenvalue weighted by atomic mass is 32.1. The summed E-state index contributed by atoms with van der Waals surface area (Å²) in [5.74, 6) is 4.80. The second kappa shape index (κ2) is 5.83. The molecule has 0 aliphatic carbocycles. The van der Waals surface area contributed by atoms with Gasteiger partial charge >= 0.3 is 0 Å². The fourth-order valence-corrected chi connectivity index (χ4v) is 3.43. The zero-order valence-corrected chi connectivity index (χ0v) is 12.7. The number of nitrogens with one attached hydrogen (secondary N) is 1. The molecule has 2 aromatic rings. The van der Waals surface area contributed by atoms with Crippen LogP contribution in [0.15, 0.2) is 29.6 Å². The summed E-state index contributed by atoms with van der Waals surface area (Å²) in [6, 6.07) is 8.96. The van der Waals surface area contributed by atoms with Gasteiger partial charge in [-0.15, -0.1) is 11.3 Å². The number of nitrogens with two attached hydrogens (primary N) is 1. The van der Waals surface area contributed by atoms with Crippen LogP contribution >= 0.6 is 11.3 Å². The van der Waals surface area contributed by atoms with E-state index in [4.69, 9.17) is 5.84 Å². The number of aryl methyl sites for hydroxylation is 1. The summed E-state index contributed by atoms with van der Waals surface area (Å²) in [5.41, 5.74) is 5.68. The lowest BCUT2D eigenvalue weighted by Gasteiger charge is -2.36. The first kappa shape index (κ1) is 14.0. The van der Waals surface area contributed by atoms with Crippen LogP contribution in [0.1, 0.15) is 34.4 Å². The van der Waals surface area contributed by atoms with Gasteiger partial charge in [-0.3, -0.25) is 10.2 Å². The molecule has 2 heterocycles. The Morgan fingerprint density at radius 3 is 3.14 bits per heavy atom. The Kier molecular flexibility index (Phi) is 3.90. The van der Waals surface area contributed by atoms with Crippen LogP contribution in [0.4, 0.5) is 5.69 Å². The van der Waals surface area contributed by atoms with Crippen LogP contribution in [0.3, 0.4) is 0 Å². The standard InChI is InChI=1S/C15H18N4OS/c1-10-6-7-11-4-2-3-5-13(11)19(10)8-12-9-21-15(17-12)14(20)18-16/h2-5,9-10H,6-8,16H2,1H3,(H,18,20). The molecule has 0 saturated carbocycles. The average molecular weight is 302 g/mol. The third kappa shape index (κ3) is 2.77. The summed E-state index contributed by atoms with van der Waals surface area (Å²) in [6.07, 6.45) is 2.25. The van der Waals surface area contributed by atoms with Crippen molar-refractivity contribution >= 4 is 22.9 Å². The second-order valence-electron chi connectivity index (χ2n) is 5.26. The lowest BCUT2D eigenvalue weighted by atomic mass is 9.96. The van der Waals surface area contributed by atoms with Gasteiger partial charge in [0.1, 0.15) is 0 Å². The van der Waals surface area contributed by atoms with Crippen LogP contribution in [-0.2, 0) is 13.0 Å². The fraction of sp³-hybridized carbons (Fsp3) is 0.333. The van der Waals surface area contributed by atoms with Crippen LogP contribution in [0.25, 0.3) is 0 Å². The molecule has 0 saturated heterocycles. The Hall–Kier alpha value is -1.92. The summed E-state index contributed by atoms with van der Waals surface area (Å²) >= 11 is 1.32. The predicted molar refractivity (Wildman–Crippen MR) is 84.2 cm³/mol. The number of para-hydroxylation sites is 1. The maximum atomic E-state index is 11.5. The maximum absolute atomic E-state index is 11.5. The molecule has 1 aromatic heterocycles. The molecular formula is C15H18N4OS. The normalized spacial score (nSPS) is 17.4. The Morgan fingerprint density at radius 1 is 1.52 bits per heavy atom. The van der Waals surface area contributed by atoms with Crippen molar-refractivity contribution in [3.63, 3.8) is 0 Å². The van der Waals surface area contributed by atoms with Gasteiger partial charge in [0.15, 0.2) is 5.01 Å². The first-order valence-corrected chi connectivity index (χ1v) is 7.87. The number of rotatable bonds is 3. The highest BCUT2D eigenvalue weighted by Gasteiger charge is 2.23. The Labute approximate surface area is 127 Å². The van der Waals surface area contributed by atoms with Crippen molar-refractivity contribution in [2.75, 3.05) is 4.90 Å².